The van der Waals surface area contributed by atoms with Crippen LogP contribution in [0.25, 0.3) is 0 Å². The number of hydrogen-bond donors (Lipinski definition) is 1. The van der Waals surface area contributed by atoms with Crippen molar-refractivity contribution in [1.29, 1.82) is 0 Å². The van der Waals surface area contributed by atoms with E-state index in [4.69, 9.17) is 0 Å². The molecule has 3 fully saturated rings. The van der Waals surface area contributed by atoms with Crippen LogP contribution in [-0.2, 0) is 0 Å². The maximum absolute atomic E-state index is 13.1. The number of halogens is 1. The van der Waals surface area contributed by atoms with Gasteiger partial charge in [-0.3, -0.25) is 4.79 Å². The minimum atomic E-state index is -0.596. The van der Waals surface area contributed by atoms with Crippen LogP contribution in [0.1, 0.15) is 42.5 Å². The monoisotopic (exact) mass is 274 g/mol. The van der Waals surface area contributed by atoms with E-state index >= 15 is 0 Å². The Morgan fingerprint density at radius 1 is 1.25 bits per heavy atom. The molecule has 3 nitrogen and oxygen atoms in total. The molecule has 20 heavy (non-hydrogen) atoms. The summed E-state index contributed by atoms with van der Waals surface area (Å²) in [7, 11) is 0. The SMILES string of the molecule is O=C(N[C@@H]1C[C@@H]2C[C@@H]1[C@@H]1CCC[C@@H]21)c1ccnc(F)c1. The van der Waals surface area contributed by atoms with Gasteiger partial charge in [0.15, 0.2) is 0 Å². The summed E-state index contributed by atoms with van der Waals surface area (Å²) in [5, 5.41) is 3.13. The van der Waals surface area contributed by atoms with Crippen LogP contribution in [0.3, 0.4) is 0 Å². The third-order valence-electron chi connectivity index (χ3n) is 5.73. The first-order valence-corrected chi connectivity index (χ1v) is 7.65. The molecular weight excluding hydrogens is 255 g/mol. The number of carbonyl (C=O) groups is 1. The van der Waals surface area contributed by atoms with Crippen LogP contribution >= 0.6 is 0 Å². The van der Waals surface area contributed by atoms with Crippen molar-refractivity contribution >= 4 is 5.91 Å². The molecule has 3 aliphatic rings. The fraction of sp³-hybridized carbons (Fsp3) is 0.625. The van der Waals surface area contributed by atoms with Gasteiger partial charge in [0.2, 0.25) is 5.95 Å². The third-order valence-corrected chi connectivity index (χ3v) is 5.73. The van der Waals surface area contributed by atoms with Gasteiger partial charge in [-0.2, -0.15) is 4.39 Å². The molecule has 5 atom stereocenters. The van der Waals surface area contributed by atoms with Crippen molar-refractivity contribution in [2.45, 2.75) is 38.1 Å². The van der Waals surface area contributed by atoms with Gasteiger partial charge in [0.1, 0.15) is 0 Å². The van der Waals surface area contributed by atoms with Gasteiger partial charge >= 0.3 is 0 Å². The summed E-state index contributed by atoms with van der Waals surface area (Å²) in [6.07, 6.45) is 7.83. The van der Waals surface area contributed by atoms with E-state index in [2.05, 4.69) is 10.3 Å². The molecule has 2 bridgehead atoms. The fourth-order valence-corrected chi connectivity index (χ4v) is 5.03. The normalized spacial score (nSPS) is 38.0. The Labute approximate surface area is 118 Å². The van der Waals surface area contributed by atoms with E-state index in [1.807, 2.05) is 0 Å². The first-order chi connectivity index (χ1) is 9.72. The maximum Gasteiger partial charge on any atom is 0.251 e. The van der Waals surface area contributed by atoms with E-state index in [0.29, 0.717) is 17.5 Å². The molecule has 3 aliphatic carbocycles. The molecule has 0 aromatic carbocycles. The summed E-state index contributed by atoms with van der Waals surface area (Å²) < 4.78 is 13.1. The van der Waals surface area contributed by atoms with Gasteiger partial charge in [0.25, 0.3) is 5.91 Å². The van der Waals surface area contributed by atoms with Crippen molar-refractivity contribution < 1.29 is 9.18 Å². The Morgan fingerprint density at radius 2 is 2.10 bits per heavy atom. The van der Waals surface area contributed by atoms with E-state index in [1.54, 1.807) is 6.07 Å². The molecule has 3 saturated carbocycles. The average Bonchev–Trinajstić information content (AvgIpc) is 3.10. The zero-order valence-electron chi connectivity index (χ0n) is 11.4. The van der Waals surface area contributed by atoms with Crippen molar-refractivity contribution in [2.24, 2.45) is 23.7 Å². The number of pyridine rings is 1. The summed E-state index contributed by atoms with van der Waals surface area (Å²) in [6.45, 7) is 0. The average molecular weight is 274 g/mol. The minimum Gasteiger partial charge on any atom is -0.349 e. The van der Waals surface area contributed by atoms with Gasteiger partial charge in [0.05, 0.1) is 0 Å². The molecule has 1 aromatic heterocycles. The van der Waals surface area contributed by atoms with Crippen LogP contribution in [0.4, 0.5) is 4.39 Å². The second kappa shape index (κ2) is 4.54. The lowest BCUT2D eigenvalue weighted by Crippen LogP contribution is -2.42. The van der Waals surface area contributed by atoms with Crippen molar-refractivity contribution in [3.63, 3.8) is 0 Å². The molecule has 0 aliphatic heterocycles. The second-order valence-electron chi connectivity index (χ2n) is 6.60. The number of amides is 1. The van der Waals surface area contributed by atoms with Crippen LogP contribution in [0.15, 0.2) is 18.3 Å². The van der Waals surface area contributed by atoms with Crippen LogP contribution < -0.4 is 5.32 Å². The van der Waals surface area contributed by atoms with E-state index in [1.165, 1.54) is 37.9 Å². The number of carbonyl (C=O) groups excluding carboxylic acids is 1. The molecule has 1 amide bonds. The van der Waals surface area contributed by atoms with Gasteiger partial charge in [-0.05, 0) is 55.4 Å². The minimum absolute atomic E-state index is 0.154. The lowest BCUT2D eigenvalue weighted by Gasteiger charge is -2.32. The highest BCUT2D eigenvalue weighted by Gasteiger charge is 2.54. The van der Waals surface area contributed by atoms with E-state index < -0.39 is 5.95 Å². The molecule has 0 radical (unpaired) electrons. The number of nitrogens with zero attached hydrogens (tertiary/aromatic N) is 1. The standard InChI is InChI=1S/C16H19FN2O/c17-15-8-9(4-5-18-15)16(20)19-14-7-10-6-13(14)12-3-1-2-11(10)12/h4-5,8,10-14H,1-3,6-7H2,(H,19,20)/t10-,11-,12+,13+,14+/m0/s1. The first-order valence-electron chi connectivity index (χ1n) is 7.65. The molecular formula is C16H19FN2O. The Bertz CT molecular complexity index is 547. The molecule has 106 valence electrons. The van der Waals surface area contributed by atoms with Crippen molar-refractivity contribution in [1.82, 2.24) is 10.3 Å². The number of nitrogens with one attached hydrogen (secondary N) is 1. The van der Waals surface area contributed by atoms with Crippen LogP contribution in [0.5, 0.6) is 0 Å². The number of fused-ring (bicyclic) bond motifs is 5. The van der Waals surface area contributed by atoms with Crippen molar-refractivity contribution in [3.8, 4) is 0 Å². The lowest BCUT2D eigenvalue weighted by molar-refractivity contribution is 0.0900. The van der Waals surface area contributed by atoms with Gasteiger partial charge < -0.3 is 5.32 Å². The van der Waals surface area contributed by atoms with Crippen LogP contribution in [-0.4, -0.2) is 16.9 Å². The zero-order valence-corrected chi connectivity index (χ0v) is 11.4. The van der Waals surface area contributed by atoms with Gasteiger partial charge in [0, 0.05) is 23.9 Å². The number of hydrogen-bond acceptors (Lipinski definition) is 2. The summed E-state index contributed by atoms with van der Waals surface area (Å²) in [5.74, 6) is 2.47. The molecule has 1 heterocycles. The van der Waals surface area contributed by atoms with E-state index in [0.717, 1.165) is 24.2 Å². The van der Waals surface area contributed by atoms with E-state index in [9.17, 15) is 9.18 Å². The predicted octanol–water partition coefficient (Wildman–Crippen LogP) is 2.78. The molecule has 0 spiro atoms. The Morgan fingerprint density at radius 3 is 2.95 bits per heavy atom. The summed E-state index contributed by atoms with van der Waals surface area (Å²) in [5.41, 5.74) is 0.378. The molecule has 4 heteroatoms. The molecule has 4 rings (SSSR count). The van der Waals surface area contributed by atoms with Gasteiger partial charge in [-0.1, -0.05) is 6.42 Å². The highest BCUT2D eigenvalue weighted by Crippen LogP contribution is 2.58. The number of aromatic nitrogens is 1. The molecule has 0 unspecified atom stereocenters. The Hall–Kier alpha value is -1.45. The van der Waals surface area contributed by atoms with Crippen molar-refractivity contribution in [2.75, 3.05) is 0 Å². The Kier molecular flexibility index (Phi) is 2.79. The zero-order chi connectivity index (χ0) is 13.7. The summed E-state index contributed by atoms with van der Waals surface area (Å²) >= 11 is 0. The van der Waals surface area contributed by atoms with Crippen molar-refractivity contribution in [3.05, 3.63) is 29.8 Å². The predicted molar refractivity (Wildman–Crippen MR) is 72.5 cm³/mol. The smallest absolute Gasteiger partial charge is 0.251 e. The maximum atomic E-state index is 13.1. The lowest BCUT2D eigenvalue weighted by atomic mass is 9.79. The van der Waals surface area contributed by atoms with Crippen LogP contribution in [0, 0.1) is 29.6 Å². The third kappa shape index (κ3) is 1.85. The molecule has 1 N–H and O–H groups in total. The van der Waals surface area contributed by atoms with Gasteiger partial charge in [-0.25, -0.2) is 4.98 Å². The quantitative estimate of drug-likeness (QED) is 0.843. The van der Waals surface area contributed by atoms with Gasteiger partial charge in [-0.15, -0.1) is 0 Å². The molecule has 0 saturated heterocycles. The highest BCUT2D eigenvalue weighted by molar-refractivity contribution is 5.94. The molecule has 1 aromatic rings. The highest BCUT2D eigenvalue weighted by atomic mass is 19.1. The fourth-order valence-electron chi connectivity index (χ4n) is 5.03. The first kappa shape index (κ1) is 12.3. The van der Waals surface area contributed by atoms with Crippen LogP contribution in [0.2, 0.25) is 0 Å². The van der Waals surface area contributed by atoms with E-state index in [-0.39, 0.29) is 5.91 Å². The summed E-state index contributed by atoms with van der Waals surface area (Å²) in [4.78, 5) is 15.7. The topological polar surface area (TPSA) is 42.0 Å². The summed E-state index contributed by atoms with van der Waals surface area (Å²) in [6, 6.07) is 3.08. The second-order valence-corrected chi connectivity index (χ2v) is 6.60. The largest absolute Gasteiger partial charge is 0.349 e. The number of rotatable bonds is 2. The Balaban J connectivity index is 1.47.